The van der Waals surface area contributed by atoms with Crippen molar-refractivity contribution in [2.75, 3.05) is 0 Å². The zero-order valence-electron chi connectivity index (χ0n) is 12.8. The van der Waals surface area contributed by atoms with Crippen LogP contribution in [0, 0.1) is 0 Å². The fourth-order valence-corrected chi connectivity index (χ4v) is 3.65. The van der Waals surface area contributed by atoms with Crippen molar-refractivity contribution in [3.05, 3.63) is 35.9 Å². The van der Waals surface area contributed by atoms with E-state index in [-0.39, 0.29) is 11.9 Å². The molecule has 1 aromatic rings. The van der Waals surface area contributed by atoms with Gasteiger partial charge in [0.05, 0.1) is 6.61 Å². The highest BCUT2D eigenvalue weighted by Gasteiger charge is 2.68. The van der Waals surface area contributed by atoms with Crippen LogP contribution in [0.3, 0.4) is 0 Å². The van der Waals surface area contributed by atoms with Crippen molar-refractivity contribution in [2.24, 2.45) is 0 Å². The fourth-order valence-electron chi connectivity index (χ4n) is 3.65. The van der Waals surface area contributed by atoms with Crippen molar-refractivity contribution in [3.8, 4) is 0 Å². The number of hydrogen-bond donors (Lipinski definition) is 0. The Bertz CT molecular complexity index is 584. The highest BCUT2D eigenvalue weighted by Crippen LogP contribution is 2.51. The summed E-state index contributed by atoms with van der Waals surface area (Å²) in [5, 5.41) is 0. The Hall–Kier alpha value is -1.27. The number of carbonyl (C=O) groups is 1. The number of carbonyl (C=O) groups excluding carboxylic acids is 1. The van der Waals surface area contributed by atoms with E-state index >= 15 is 0 Å². The summed E-state index contributed by atoms with van der Waals surface area (Å²) in [5.74, 6) is -0.637. The van der Waals surface area contributed by atoms with Crippen LogP contribution < -0.4 is 0 Å². The van der Waals surface area contributed by atoms with Crippen LogP contribution >= 0.6 is 0 Å². The lowest BCUT2D eigenvalue weighted by Crippen LogP contribution is -2.49. The van der Waals surface area contributed by atoms with Crippen molar-refractivity contribution in [1.29, 1.82) is 0 Å². The van der Waals surface area contributed by atoms with Gasteiger partial charge in [0, 0.05) is 6.42 Å². The van der Waals surface area contributed by atoms with Gasteiger partial charge in [-0.05, 0) is 25.8 Å². The Balaban J connectivity index is 1.59. The number of ether oxygens (including phenoxy) is 4. The van der Waals surface area contributed by atoms with Crippen molar-refractivity contribution < 1.29 is 23.7 Å². The van der Waals surface area contributed by atoms with E-state index in [2.05, 4.69) is 0 Å². The molecule has 3 fully saturated rings. The molecule has 4 rings (SSSR count). The molecule has 0 spiro atoms. The summed E-state index contributed by atoms with van der Waals surface area (Å²) in [4.78, 5) is 12.1. The molecule has 1 aliphatic carbocycles. The Morgan fingerprint density at radius 1 is 1.23 bits per heavy atom. The fraction of sp³-hybridized carbons (Fsp3) is 0.588. The highest BCUT2D eigenvalue weighted by molar-refractivity contribution is 5.87. The number of rotatable bonds is 3. The molecule has 5 heteroatoms. The molecule has 5 nitrogen and oxygen atoms in total. The third kappa shape index (κ3) is 2.12. The van der Waals surface area contributed by atoms with Gasteiger partial charge in [0.15, 0.2) is 24.0 Å². The molecule has 3 aliphatic rings. The predicted molar refractivity (Wildman–Crippen MR) is 76.9 cm³/mol. The van der Waals surface area contributed by atoms with E-state index in [1.54, 1.807) is 0 Å². The SMILES string of the molecule is CC1(C)O[C@H]2O[C@@H]3C(=O)CCC3(OCc3ccccc3)[C@H]2O1. The van der Waals surface area contributed by atoms with Gasteiger partial charge < -0.3 is 18.9 Å². The molecule has 1 saturated carbocycles. The summed E-state index contributed by atoms with van der Waals surface area (Å²) in [5.41, 5.74) is 0.336. The van der Waals surface area contributed by atoms with Gasteiger partial charge in [0.2, 0.25) is 0 Å². The molecule has 2 aliphatic heterocycles. The van der Waals surface area contributed by atoms with E-state index in [9.17, 15) is 4.79 Å². The summed E-state index contributed by atoms with van der Waals surface area (Å²) >= 11 is 0. The molecule has 0 radical (unpaired) electrons. The smallest absolute Gasteiger partial charge is 0.191 e. The van der Waals surface area contributed by atoms with Gasteiger partial charge in [-0.1, -0.05) is 30.3 Å². The third-order valence-corrected chi connectivity index (χ3v) is 4.66. The highest BCUT2D eigenvalue weighted by atomic mass is 16.8. The zero-order valence-corrected chi connectivity index (χ0v) is 12.8. The second-order valence-corrected chi connectivity index (χ2v) is 6.64. The molecule has 2 saturated heterocycles. The van der Waals surface area contributed by atoms with Gasteiger partial charge >= 0.3 is 0 Å². The molecule has 0 aromatic heterocycles. The van der Waals surface area contributed by atoms with Gasteiger partial charge in [-0.2, -0.15) is 0 Å². The number of fused-ring (bicyclic) bond motifs is 3. The molecule has 4 atom stereocenters. The van der Waals surface area contributed by atoms with E-state index in [0.717, 1.165) is 5.56 Å². The number of Topliss-reactive ketones (excluding diaryl/α,β-unsaturated/α-hetero) is 1. The summed E-state index contributed by atoms with van der Waals surface area (Å²) in [7, 11) is 0. The topological polar surface area (TPSA) is 54.0 Å². The van der Waals surface area contributed by atoms with E-state index in [1.807, 2.05) is 44.2 Å². The summed E-state index contributed by atoms with van der Waals surface area (Å²) in [6.45, 7) is 4.14. The van der Waals surface area contributed by atoms with E-state index in [1.165, 1.54) is 0 Å². The minimum atomic E-state index is -0.731. The van der Waals surface area contributed by atoms with E-state index < -0.39 is 23.8 Å². The minimum absolute atomic E-state index is 0.0764. The average molecular weight is 304 g/mol. The van der Waals surface area contributed by atoms with Crippen molar-refractivity contribution in [1.82, 2.24) is 0 Å². The van der Waals surface area contributed by atoms with Crippen LogP contribution in [0.1, 0.15) is 32.3 Å². The first kappa shape index (κ1) is 14.3. The standard InChI is InChI=1S/C17H20O5/c1-16(2)21-14-15(22-16)20-13-12(18)8-9-17(13,14)19-10-11-6-4-3-5-7-11/h3-7,13-15H,8-10H2,1-2H3/t13-,14+,15-,17?/m1/s1. The van der Waals surface area contributed by atoms with Crippen molar-refractivity contribution in [3.63, 3.8) is 0 Å². The largest absolute Gasteiger partial charge is 0.364 e. The monoisotopic (exact) mass is 304 g/mol. The molecule has 1 aromatic carbocycles. The van der Waals surface area contributed by atoms with Gasteiger partial charge in [0.1, 0.15) is 11.7 Å². The van der Waals surface area contributed by atoms with Gasteiger partial charge in [0.25, 0.3) is 0 Å². The van der Waals surface area contributed by atoms with Crippen LogP contribution in [0.2, 0.25) is 0 Å². The van der Waals surface area contributed by atoms with Crippen LogP contribution in [0.4, 0.5) is 0 Å². The number of hydrogen-bond acceptors (Lipinski definition) is 5. The first-order valence-corrected chi connectivity index (χ1v) is 7.72. The zero-order chi connectivity index (χ0) is 15.4. The Morgan fingerprint density at radius 3 is 2.77 bits per heavy atom. The Morgan fingerprint density at radius 2 is 2.00 bits per heavy atom. The third-order valence-electron chi connectivity index (χ3n) is 4.66. The van der Waals surface area contributed by atoms with Gasteiger partial charge in [-0.3, -0.25) is 4.79 Å². The van der Waals surface area contributed by atoms with Crippen LogP contribution in [0.15, 0.2) is 30.3 Å². The van der Waals surface area contributed by atoms with Crippen LogP contribution in [-0.4, -0.2) is 35.7 Å². The number of ketones is 1. The second-order valence-electron chi connectivity index (χ2n) is 6.64. The lowest BCUT2D eigenvalue weighted by molar-refractivity contribution is -0.231. The van der Waals surface area contributed by atoms with E-state index in [0.29, 0.717) is 19.4 Å². The summed E-state index contributed by atoms with van der Waals surface area (Å²) in [6, 6.07) is 9.92. The molecule has 0 amide bonds. The molecule has 1 unspecified atom stereocenters. The maximum Gasteiger partial charge on any atom is 0.191 e. The first-order valence-electron chi connectivity index (χ1n) is 7.72. The average Bonchev–Trinajstić information content (AvgIpc) is 3.06. The Labute approximate surface area is 129 Å². The molecule has 0 N–H and O–H groups in total. The lowest BCUT2D eigenvalue weighted by Gasteiger charge is -2.33. The van der Waals surface area contributed by atoms with Gasteiger partial charge in [-0.25, -0.2) is 0 Å². The first-order chi connectivity index (χ1) is 10.5. The van der Waals surface area contributed by atoms with Gasteiger partial charge in [-0.15, -0.1) is 0 Å². The summed E-state index contributed by atoms with van der Waals surface area (Å²) in [6.07, 6.45) is -0.388. The molecule has 118 valence electrons. The Kier molecular flexibility index (Phi) is 3.17. The lowest BCUT2D eigenvalue weighted by atomic mass is 9.94. The normalized spacial score (nSPS) is 39.0. The van der Waals surface area contributed by atoms with Crippen LogP contribution in [-0.2, 0) is 30.3 Å². The molecule has 2 heterocycles. The molecule has 22 heavy (non-hydrogen) atoms. The van der Waals surface area contributed by atoms with Crippen LogP contribution in [0.25, 0.3) is 0 Å². The molecule has 0 bridgehead atoms. The molecular formula is C17H20O5. The van der Waals surface area contributed by atoms with Crippen molar-refractivity contribution >= 4 is 5.78 Å². The maximum atomic E-state index is 12.1. The minimum Gasteiger partial charge on any atom is -0.364 e. The van der Waals surface area contributed by atoms with Crippen LogP contribution in [0.5, 0.6) is 0 Å². The predicted octanol–water partition coefficient (Wildman–Crippen LogP) is 2.18. The maximum absolute atomic E-state index is 12.1. The van der Waals surface area contributed by atoms with E-state index in [4.69, 9.17) is 18.9 Å². The quantitative estimate of drug-likeness (QED) is 0.856. The second kappa shape index (κ2) is 4.86. The molecular weight excluding hydrogens is 284 g/mol. The summed E-state index contributed by atoms with van der Waals surface area (Å²) < 4.78 is 23.8. The van der Waals surface area contributed by atoms with Crippen molar-refractivity contribution in [2.45, 2.75) is 63.2 Å². The number of benzene rings is 1.